The fourth-order valence-electron chi connectivity index (χ4n) is 2.67. The van der Waals surface area contributed by atoms with Crippen molar-refractivity contribution in [3.05, 3.63) is 0 Å². The topological polar surface area (TPSA) is 15.3 Å². The van der Waals surface area contributed by atoms with Gasteiger partial charge in [0.05, 0.1) is 0 Å². The molecule has 0 aliphatic carbocycles. The van der Waals surface area contributed by atoms with E-state index in [-0.39, 0.29) is 0 Å². The normalized spacial score (nSPS) is 24.9. The van der Waals surface area contributed by atoms with E-state index in [4.69, 9.17) is 0 Å². The van der Waals surface area contributed by atoms with Crippen LogP contribution in [-0.4, -0.2) is 36.6 Å². The lowest BCUT2D eigenvalue weighted by atomic mass is 10.1. The van der Waals surface area contributed by atoms with E-state index in [1.165, 1.54) is 45.2 Å². The Morgan fingerprint density at radius 1 is 1.18 bits per heavy atom. The van der Waals surface area contributed by atoms with Crippen LogP contribution in [-0.2, 0) is 0 Å². The Kier molecular flexibility index (Phi) is 7.14. The van der Waals surface area contributed by atoms with Gasteiger partial charge in [-0.25, -0.2) is 0 Å². The second-order valence-electron chi connectivity index (χ2n) is 5.93. The zero-order valence-corrected chi connectivity index (χ0v) is 12.3. The molecule has 0 aromatic heterocycles. The summed E-state index contributed by atoms with van der Waals surface area (Å²) in [6, 6.07) is 1.48. The molecule has 102 valence electrons. The van der Waals surface area contributed by atoms with Crippen molar-refractivity contribution < 1.29 is 0 Å². The number of hydrogen-bond donors (Lipinski definition) is 1. The molecule has 17 heavy (non-hydrogen) atoms. The summed E-state index contributed by atoms with van der Waals surface area (Å²) in [6.07, 6.45) is 7.00. The quantitative estimate of drug-likeness (QED) is 0.766. The average molecular weight is 240 g/mol. The number of rotatable bonds is 6. The molecule has 0 bridgehead atoms. The number of likely N-dealkylation sites (tertiary alicyclic amines) is 1. The van der Waals surface area contributed by atoms with Gasteiger partial charge < -0.3 is 5.32 Å². The lowest BCUT2D eigenvalue weighted by Gasteiger charge is -2.30. The van der Waals surface area contributed by atoms with Crippen molar-refractivity contribution in [2.24, 2.45) is 5.92 Å². The van der Waals surface area contributed by atoms with Crippen LogP contribution in [0.2, 0.25) is 0 Å². The minimum atomic E-state index is 0.641. The van der Waals surface area contributed by atoms with Crippen LogP contribution in [0.5, 0.6) is 0 Å². The molecule has 1 N–H and O–H groups in total. The van der Waals surface area contributed by atoms with E-state index in [0.717, 1.165) is 18.5 Å². The van der Waals surface area contributed by atoms with Gasteiger partial charge in [0, 0.05) is 25.2 Å². The zero-order valence-electron chi connectivity index (χ0n) is 12.3. The Labute approximate surface area is 108 Å². The van der Waals surface area contributed by atoms with Gasteiger partial charge in [0.15, 0.2) is 0 Å². The van der Waals surface area contributed by atoms with Crippen LogP contribution >= 0.6 is 0 Å². The maximum absolute atomic E-state index is 3.65. The molecule has 2 heteroatoms. The van der Waals surface area contributed by atoms with E-state index < -0.39 is 0 Å². The predicted molar refractivity (Wildman–Crippen MR) is 76.4 cm³/mol. The molecule has 1 rings (SSSR count). The molecule has 0 amide bonds. The van der Waals surface area contributed by atoms with Crippen LogP contribution in [0.3, 0.4) is 0 Å². The number of nitrogens with zero attached hydrogens (tertiary/aromatic N) is 1. The summed E-state index contributed by atoms with van der Waals surface area (Å²) in [5.41, 5.74) is 0. The summed E-state index contributed by atoms with van der Waals surface area (Å²) in [7, 11) is 0. The highest BCUT2D eigenvalue weighted by molar-refractivity contribution is 4.75. The largest absolute Gasteiger partial charge is 0.313 e. The molecule has 2 nitrogen and oxygen atoms in total. The van der Waals surface area contributed by atoms with Gasteiger partial charge >= 0.3 is 0 Å². The molecular formula is C15H32N2. The lowest BCUT2D eigenvalue weighted by molar-refractivity contribution is 0.191. The minimum absolute atomic E-state index is 0.641. The number of nitrogens with one attached hydrogen (secondary N) is 1. The zero-order chi connectivity index (χ0) is 12.7. The van der Waals surface area contributed by atoms with Crippen LogP contribution < -0.4 is 5.32 Å². The van der Waals surface area contributed by atoms with Gasteiger partial charge in [0.2, 0.25) is 0 Å². The average Bonchev–Trinajstić information content (AvgIpc) is 2.53. The van der Waals surface area contributed by atoms with Crippen LogP contribution in [0.15, 0.2) is 0 Å². The van der Waals surface area contributed by atoms with Gasteiger partial charge in [-0.15, -0.1) is 0 Å². The summed E-state index contributed by atoms with van der Waals surface area (Å²) in [5, 5.41) is 3.65. The third-order valence-corrected chi connectivity index (χ3v) is 4.34. The fraction of sp³-hybridized carbons (Fsp3) is 1.00. The standard InChI is InChI=1S/C15H32N2/c1-5-15-9-7-6-8-11-17(15)12-10-16-14(4)13(2)3/h13-16H,5-12H2,1-4H3. The van der Waals surface area contributed by atoms with Gasteiger partial charge in [-0.3, -0.25) is 4.90 Å². The molecule has 0 spiro atoms. The minimum Gasteiger partial charge on any atom is -0.313 e. The highest BCUT2D eigenvalue weighted by Gasteiger charge is 2.18. The summed E-state index contributed by atoms with van der Waals surface area (Å²) < 4.78 is 0. The molecule has 1 aliphatic rings. The van der Waals surface area contributed by atoms with E-state index in [9.17, 15) is 0 Å². The molecule has 0 aromatic carbocycles. The Balaban J connectivity index is 2.27. The lowest BCUT2D eigenvalue weighted by Crippen LogP contribution is -2.42. The van der Waals surface area contributed by atoms with Gasteiger partial charge in [-0.2, -0.15) is 0 Å². The van der Waals surface area contributed by atoms with Crippen molar-refractivity contribution in [3.8, 4) is 0 Å². The summed E-state index contributed by atoms with van der Waals surface area (Å²) >= 11 is 0. The van der Waals surface area contributed by atoms with Crippen LogP contribution in [0.1, 0.15) is 59.8 Å². The smallest absolute Gasteiger partial charge is 0.0110 e. The molecule has 0 radical (unpaired) electrons. The molecule has 1 heterocycles. The number of hydrogen-bond acceptors (Lipinski definition) is 2. The van der Waals surface area contributed by atoms with E-state index in [1.54, 1.807) is 0 Å². The van der Waals surface area contributed by atoms with Crippen LogP contribution in [0, 0.1) is 5.92 Å². The Bertz CT molecular complexity index is 191. The molecule has 2 unspecified atom stereocenters. The highest BCUT2D eigenvalue weighted by Crippen LogP contribution is 2.18. The SMILES string of the molecule is CCC1CCCCCN1CCNC(C)C(C)C. The van der Waals surface area contributed by atoms with Crippen molar-refractivity contribution in [1.82, 2.24) is 10.2 Å². The monoisotopic (exact) mass is 240 g/mol. The Hall–Kier alpha value is -0.0800. The van der Waals surface area contributed by atoms with E-state index in [0.29, 0.717) is 6.04 Å². The summed E-state index contributed by atoms with van der Waals surface area (Å²) in [6.45, 7) is 12.9. The predicted octanol–water partition coefficient (Wildman–Crippen LogP) is 3.28. The van der Waals surface area contributed by atoms with Crippen LogP contribution in [0.25, 0.3) is 0 Å². The van der Waals surface area contributed by atoms with Crippen LogP contribution in [0.4, 0.5) is 0 Å². The molecule has 1 aliphatic heterocycles. The molecule has 1 fully saturated rings. The van der Waals surface area contributed by atoms with Crippen molar-refractivity contribution in [1.29, 1.82) is 0 Å². The molecular weight excluding hydrogens is 208 g/mol. The van der Waals surface area contributed by atoms with Crippen molar-refractivity contribution in [2.75, 3.05) is 19.6 Å². The van der Waals surface area contributed by atoms with Crippen molar-refractivity contribution >= 4 is 0 Å². The third kappa shape index (κ3) is 5.39. The van der Waals surface area contributed by atoms with Gasteiger partial charge in [-0.1, -0.05) is 33.6 Å². The van der Waals surface area contributed by atoms with E-state index in [2.05, 4.69) is 37.9 Å². The van der Waals surface area contributed by atoms with Crippen molar-refractivity contribution in [2.45, 2.75) is 71.9 Å². The van der Waals surface area contributed by atoms with Gasteiger partial charge in [0.25, 0.3) is 0 Å². The molecule has 2 atom stereocenters. The fourth-order valence-corrected chi connectivity index (χ4v) is 2.67. The molecule has 1 saturated heterocycles. The first-order valence-electron chi connectivity index (χ1n) is 7.62. The highest BCUT2D eigenvalue weighted by atomic mass is 15.2. The van der Waals surface area contributed by atoms with Gasteiger partial charge in [-0.05, 0) is 38.6 Å². The maximum atomic E-state index is 3.65. The third-order valence-electron chi connectivity index (χ3n) is 4.34. The summed E-state index contributed by atoms with van der Waals surface area (Å²) in [5.74, 6) is 0.737. The first-order valence-corrected chi connectivity index (χ1v) is 7.62. The summed E-state index contributed by atoms with van der Waals surface area (Å²) in [4.78, 5) is 2.72. The second kappa shape index (κ2) is 8.10. The Morgan fingerprint density at radius 3 is 2.59 bits per heavy atom. The van der Waals surface area contributed by atoms with Gasteiger partial charge in [0.1, 0.15) is 0 Å². The second-order valence-corrected chi connectivity index (χ2v) is 5.93. The molecule has 0 saturated carbocycles. The first-order chi connectivity index (χ1) is 8.15. The molecule has 0 aromatic rings. The van der Waals surface area contributed by atoms with Crippen molar-refractivity contribution in [3.63, 3.8) is 0 Å². The first kappa shape index (κ1) is 15.0. The Morgan fingerprint density at radius 2 is 1.94 bits per heavy atom. The maximum Gasteiger partial charge on any atom is 0.0110 e. The van der Waals surface area contributed by atoms with E-state index in [1.807, 2.05) is 0 Å². The van der Waals surface area contributed by atoms with E-state index >= 15 is 0 Å².